The van der Waals surface area contributed by atoms with Crippen molar-refractivity contribution in [1.29, 1.82) is 0 Å². The van der Waals surface area contributed by atoms with E-state index in [0.717, 1.165) is 24.3 Å². The maximum atomic E-state index is 11.0. The van der Waals surface area contributed by atoms with Crippen molar-refractivity contribution in [2.24, 2.45) is 0 Å². The van der Waals surface area contributed by atoms with Crippen LogP contribution in [0.5, 0.6) is 0 Å². The molecule has 0 bridgehead atoms. The summed E-state index contributed by atoms with van der Waals surface area (Å²) in [7, 11) is 0. The van der Waals surface area contributed by atoms with Crippen molar-refractivity contribution in [2.75, 3.05) is 0 Å². The van der Waals surface area contributed by atoms with Crippen LogP contribution in [0.1, 0.15) is 5.56 Å². The van der Waals surface area contributed by atoms with Gasteiger partial charge in [-0.25, -0.2) is 20.2 Å². The molecule has 0 fully saturated rings. The zero-order valence-electron chi connectivity index (χ0n) is 9.39. The normalized spacial score (nSPS) is 10.6. The highest BCUT2D eigenvalue weighted by atomic mass is 16.8. The molecular weight excluding hydrogens is 282 g/mol. The van der Waals surface area contributed by atoms with Crippen molar-refractivity contribution < 1.29 is 19.9 Å². The Labute approximate surface area is 108 Å². The molecule has 0 atom stereocenters. The molecule has 1 rings (SSSR count). The summed E-state index contributed by atoms with van der Waals surface area (Å²) < 4.78 is 0. The molecule has 0 unspecified atom stereocenters. The Balaban J connectivity index is 3.73. The second-order valence-corrected chi connectivity index (χ2v) is 3.28. The zero-order valence-corrected chi connectivity index (χ0v) is 9.39. The smallest absolute Gasteiger partial charge is 0.256 e. The monoisotopic (exact) mass is 287 g/mol. The fourth-order valence-corrected chi connectivity index (χ4v) is 1.49. The van der Waals surface area contributed by atoms with E-state index < -0.39 is 36.4 Å². The van der Waals surface area contributed by atoms with Crippen LogP contribution in [0.4, 0.5) is 0 Å². The molecule has 0 radical (unpaired) electrons. The van der Waals surface area contributed by atoms with E-state index in [-0.39, 0.29) is 0 Å². The minimum absolute atomic E-state index is 0.811. The van der Waals surface area contributed by atoms with Crippen LogP contribution < -0.4 is 0 Å². The Morgan fingerprint density at radius 1 is 0.800 bits per heavy atom. The van der Waals surface area contributed by atoms with Crippen molar-refractivity contribution in [3.05, 3.63) is 76.4 Å². The van der Waals surface area contributed by atoms with Gasteiger partial charge in [-0.1, -0.05) is 18.2 Å². The van der Waals surface area contributed by atoms with Crippen molar-refractivity contribution in [1.82, 2.24) is 5.12 Å². The topological polar surface area (TPSA) is 176 Å². The third-order valence-electron chi connectivity index (χ3n) is 2.26. The van der Waals surface area contributed by atoms with Crippen molar-refractivity contribution in [2.45, 2.75) is 5.79 Å². The number of rotatable bonds is 6. The van der Waals surface area contributed by atoms with Crippen LogP contribution in [-0.4, -0.2) is 25.0 Å². The first kappa shape index (κ1) is 14.7. The van der Waals surface area contributed by atoms with Crippen molar-refractivity contribution >= 4 is 0 Å². The largest absolute Gasteiger partial charge is 0.678 e. The first-order valence-electron chi connectivity index (χ1n) is 4.69. The Morgan fingerprint density at radius 3 is 1.50 bits per heavy atom. The molecule has 0 saturated heterocycles. The van der Waals surface area contributed by atoms with Gasteiger partial charge in [0, 0.05) is 0 Å². The van der Waals surface area contributed by atoms with E-state index in [0.29, 0.717) is 0 Å². The first-order valence-corrected chi connectivity index (χ1v) is 4.69. The molecule has 0 aliphatic heterocycles. The van der Waals surface area contributed by atoms with Gasteiger partial charge in [-0.05, 0) is 12.1 Å². The highest BCUT2D eigenvalue weighted by Crippen LogP contribution is 2.30. The van der Waals surface area contributed by atoms with Gasteiger partial charge in [0.2, 0.25) is 10.1 Å². The third kappa shape index (κ3) is 2.02. The second-order valence-electron chi connectivity index (χ2n) is 3.28. The van der Waals surface area contributed by atoms with Crippen LogP contribution in [-0.2, 0) is 5.79 Å². The van der Waals surface area contributed by atoms with Gasteiger partial charge in [0.1, 0.15) is 15.4 Å². The zero-order chi connectivity index (χ0) is 15.5. The number of hydrogen-bond acceptors (Lipinski definition) is 8. The summed E-state index contributed by atoms with van der Waals surface area (Å²) in [5, 5.41) is 38.5. The molecule has 106 valence electrons. The minimum Gasteiger partial charge on any atom is -0.256 e. The summed E-state index contributed by atoms with van der Waals surface area (Å²) in [5.41, 5.74) is -0.830. The van der Waals surface area contributed by atoms with Crippen LogP contribution in [0, 0.1) is 40.5 Å². The lowest BCUT2D eigenvalue weighted by atomic mass is 10.1. The highest BCUT2D eigenvalue weighted by molar-refractivity contribution is 5.18. The Morgan fingerprint density at radius 2 is 1.20 bits per heavy atom. The second kappa shape index (κ2) is 5.09. The molecule has 13 heteroatoms. The predicted molar refractivity (Wildman–Crippen MR) is 57.9 cm³/mol. The summed E-state index contributed by atoms with van der Waals surface area (Å²) in [5.74, 6) is -3.87. The van der Waals surface area contributed by atoms with Crippen LogP contribution in [0.15, 0.2) is 30.3 Å². The van der Waals surface area contributed by atoms with Crippen molar-refractivity contribution in [3.8, 4) is 0 Å². The van der Waals surface area contributed by atoms with Gasteiger partial charge in [-0.15, -0.1) is 0 Å². The lowest BCUT2D eigenvalue weighted by Crippen LogP contribution is -2.61. The van der Waals surface area contributed by atoms with Crippen LogP contribution in [0.25, 0.3) is 0 Å². The average molecular weight is 287 g/mol. The van der Waals surface area contributed by atoms with Gasteiger partial charge in [0.05, 0.1) is 0 Å². The summed E-state index contributed by atoms with van der Waals surface area (Å²) in [6.07, 6.45) is 0. The third-order valence-corrected chi connectivity index (χ3v) is 2.26. The Hall–Kier alpha value is -3.38. The molecule has 13 nitrogen and oxygen atoms in total. The van der Waals surface area contributed by atoms with E-state index in [2.05, 4.69) is 0 Å². The van der Waals surface area contributed by atoms with Crippen LogP contribution >= 0.6 is 0 Å². The number of nitrogens with zero attached hydrogens (tertiary/aromatic N) is 5. The number of hydrogen-bond donors (Lipinski definition) is 0. The molecule has 0 spiro atoms. The lowest BCUT2D eigenvalue weighted by molar-refractivity contribution is -1.03. The molecular formula is C7H5N5O8. The maximum absolute atomic E-state index is 11.0. The fourth-order valence-electron chi connectivity index (χ4n) is 1.49. The van der Waals surface area contributed by atoms with E-state index >= 15 is 0 Å². The highest BCUT2D eigenvalue weighted by Gasteiger charge is 2.78. The van der Waals surface area contributed by atoms with Gasteiger partial charge in [-0.3, -0.25) is 20.2 Å². The fraction of sp³-hybridized carbons (Fsp3) is 0.143. The van der Waals surface area contributed by atoms with E-state index in [4.69, 9.17) is 0 Å². The molecule has 0 aliphatic rings. The van der Waals surface area contributed by atoms with E-state index in [9.17, 15) is 40.5 Å². The minimum atomic E-state index is -3.87. The molecule has 1 aromatic rings. The molecule has 1 aromatic carbocycles. The summed E-state index contributed by atoms with van der Waals surface area (Å²) >= 11 is 0. The molecule has 0 aliphatic carbocycles. The van der Waals surface area contributed by atoms with E-state index in [1.807, 2.05) is 0 Å². The predicted octanol–water partition coefficient (Wildman–Crippen LogP) is 0.0357. The molecule has 0 aromatic heterocycles. The van der Waals surface area contributed by atoms with Crippen molar-refractivity contribution in [3.63, 3.8) is 0 Å². The summed E-state index contributed by atoms with van der Waals surface area (Å²) in [4.78, 5) is 40.0. The standard InChI is InChI=1S/C7H5N5O8/c13-9(14)7(10(15)16,6-4-2-1-3-5-6)8(11(17)18)12(19)20/h1-5H. The molecule has 20 heavy (non-hydrogen) atoms. The van der Waals surface area contributed by atoms with Gasteiger partial charge < -0.3 is 0 Å². The first-order chi connectivity index (χ1) is 9.26. The number of benzene rings is 1. The Bertz CT molecular complexity index is 546. The molecule has 0 N–H and O–H groups in total. The molecule has 0 saturated carbocycles. The average Bonchev–Trinajstić information content (AvgIpc) is 2.34. The van der Waals surface area contributed by atoms with E-state index in [1.165, 1.54) is 6.07 Å². The van der Waals surface area contributed by atoms with Gasteiger partial charge in [-0.2, -0.15) is 0 Å². The van der Waals surface area contributed by atoms with Crippen LogP contribution in [0.2, 0.25) is 0 Å². The molecule has 0 amide bonds. The quantitative estimate of drug-likeness (QED) is 0.396. The van der Waals surface area contributed by atoms with Gasteiger partial charge in [0.15, 0.2) is 0 Å². The van der Waals surface area contributed by atoms with E-state index in [1.54, 1.807) is 0 Å². The Kier molecular flexibility index (Phi) is 3.73. The molecule has 0 heterocycles. The van der Waals surface area contributed by atoms with Gasteiger partial charge >= 0.3 is 10.9 Å². The number of hydrazine groups is 2. The SMILES string of the molecule is O=[N+]([O-])N([N+](=O)[O-])C(c1ccccc1)([N+](=O)[O-])[N+](=O)[O-]. The van der Waals surface area contributed by atoms with Crippen LogP contribution in [0.3, 0.4) is 0 Å². The lowest BCUT2D eigenvalue weighted by Gasteiger charge is -2.15. The summed E-state index contributed by atoms with van der Waals surface area (Å²) in [6, 6.07) is 5.19. The maximum Gasteiger partial charge on any atom is 0.678 e. The van der Waals surface area contributed by atoms with Gasteiger partial charge in [0.25, 0.3) is 0 Å². The number of nitro groups is 4. The summed E-state index contributed by atoms with van der Waals surface area (Å²) in [6.45, 7) is 0.